The molecule has 2 saturated heterocycles. The largest absolute Gasteiger partial charge is 0.416 e. The van der Waals surface area contributed by atoms with E-state index in [4.69, 9.17) is 4.98 Å². The topological polar surface area (TPSA) is 53.5 Å². The standard InChI is InChI=1S/C23H20F3N3O2S/c24-23(25,26)15-5-7-16(8-6-15)29-20(30)13-18(22(29)31)28-11-9-14(10-12-28)21-27-17-3-1-2-4-19(17)32-21/h1-8,14,18H,9-13H2/t18-/m0/s1. The maximum absolute atomic E-state index is 13.0. The van der Waals surface area contributed by atoms with Gasteiger partial charge in [-0.3, -0.25) is 14.5 Å². The molecule has 9 heteroatoms. The zero-order valence-electron chi connectivity index (χ0n) is 17.0. The Morgan fingerprint density at radius 3 is 2.31 bits per heavy atom. The number of alkyl halides is 3. The zero-order valence-corrected chi connectivity index (χ0v) is 17.8. The molecule has 2 aromatic carbocycles. The lowest BCUT2D eigenvalue weighted by atomic mass is 9.96. The quantitative estimate of drug-likeness (QED) is 0.527. The van der Waals surface area contributed by atoms with Crippen molar-refractivity contribution < 1.29 is 22.8 Å². The number of imide groups is 1. The molecule has 3 heterocycles. The van der Waals surface area contributed by atoms with Gasteiger partial charge in [0.15, 0.2) is 0 Å². The molecule has 3 aromatic rings. The number of carbonyl (C=O) groups is 2. The van der Waals surface area contributed by atoms with Crippen molar-refractivity contribution in [3.05, 3.63) is 59.1 Å². The third kappa shape index (κ3) is 3.80. The molecule has 0 N–H and O–H groups in total. The summed E-state index contributed by atoms with van der Waals surface area (Å²) in [5, 5.41) is 1.10. The summed E-state index contributed by atoms with van der Waals surface area (Å²) in [5.74, 6) is -0.428. The van der Waals surface area contributed by atoms with E-state index in [0.29, 0.717) is 19.0 Å². The minimum absolute atomic E-state index is 0.0473. The van der Waals surface area contributed by atoms with E-state index >= 15 is 0 Å². The smallest absolute Gasteiger partial charge is 0.291 e. The number of thiazole rings is 1. The summed E-state index contributed by atoms with van der Waals surface area (Å²) >= 11 is 1.70. The van der Waals surface area contributed by atoms with E-state index in [0.717, 1.165) is 45.1 Å². The summed E-state index contributed by atoms with van der Waals surface area (Å²) in [6.45, 7) is 1.34. The second kappa shape index (κ2) is 7.97. The van der Waals surface area contributed by atoms with Gasteiger partial charge in [0.2, 0.25) is 5.91 Å². The maximum atomic E-state index is 13.0. The monoisotopic (exact) mass is 459 g/mol. The van der Waals surface area contributed by atoms with Crippen molar-refractivity contribution >= 4 is 39.1 Å². The lowest BCUT2D eigenvalue weighted by Crippen LogP contribution is -2.45. The van der Waals surface area contributed by atoms with Crippen molar-refractivity contribution in [1.29, 1.82) is 0 Å². The van der Waals surface area contributed by atoms with Gasteiger partial charge in [0.05, 0.1) is 38.9 Å². The van der Waals surface area contributed by atoms with Gasteiger partial charge in [0.25, 0.3) is 5.91 Å². The van der Waals surface area contributed by atoms with E-state index < -0.39 is 17.8 Å². The normalized spacial score (nSPS) is 21.1. The molecule has 0 unspecified atom stereocenters. The van der Waals surface area contributed by atoms with Crippen LogP contribution in [0.4, 0.5) is 18.9 Å². The molecule has 0 aliphatic carbocycles. The Morgan fingerprint density at radius 2 is 1.66 bits per heavy atom. The number of hydrogen-bond acceptors (Lipinski definition) is 5. The van der Waals surface area contributed by atoms with Crippen LogP contribution in [-0.4, -0.2) is 40.8 Å². The Hall–Kier alpha value is -2.78. The van der Waals surface area contributed by atoms with Gasteiger partial charge in [-0.1, -0.05) is 12.1 Å². The molecule has 5 rings (SSSR count). The van der Waals surface area contributed by atoms with Crippen molar-refractivity contribution in [1.82, 2.24) is 9.88 Å². The number of rotatable bonds is 3. The molecule has 0 saturated carbocycles. The lowest BCUT2D eigenvalue weighted by molar-refractivity contribution is -0.137. The van der Waals surface area contributed by atoms with Gasteiger partial charge in [-0.25, -0.2) is 9.88 Å². The molecule has 2 fully saturated rings. The minimum atomic E-state index is -4.46. The Labute approximate surface area is 186 Å². The van der Waals surface area contributed by atoms with Crippen LogP contribution in [0.5, 0.6) is 0 Å². The fraction of sp³-hybridized carbons (Fsp3) is 0.348. The van der Waals surface area contributed by atoms with Crippen LogP contribution in [0.2, 0.25) is 0 Å². The summed E-state index contributed by atoms with van der Waals surface area (Å²) in [5.41, 5.74) is 0.368. The Balaban J connectivity index is 1.26. The third-order valence-electron chi connectivity index (χ3n) is 6.21. The number of halogens is 3. The zero-order chi connectivity index (χ0) is 22.5. The highest BCUT2D eigenvalue weighted by Gasteiger charge is 2.44. The molecular weight excluding hydrogens is 439 g/mol. The fourth-order valence-electron chi connectivity index (χ4n) is 4.49. The highest BCUT2D eigenvalue weighted by molar-refractivity contribution is 7.18. The van der Waals surface area contributed by atoms with Crippen molar-refractivity contribution in [2.45, 2.75) is 37.4 Å². The molecule has 0 spiro atoms. The molecule has 1 aromatic heterocycles. The Bertz CT molecular complexity index is 1130. The van der Waals surface area contributed by atoms with Crippen molar-refractivity contribution in [2.75, 3.05) is 18.0 Å². The molecule has 1 atom stereocenters. The number of aromatic nitrogens is 1. The van der Waals surface area contributed by atoms with Crippen LogP contribution in [0.3, 0.4) is 0 Å². The number of para-hydroxylation sites is 1. The SMILES string of the molecule is O=C1C[C@H](N2CCC(c3nc4ccccc4s3)CC2)C(=O)N1c1ccc(C(F)(F)F)cc1. The second-order valence-electron chi connectivity index (χ2n) is 8.16. The van der Waals surface area contributed by atoms with E-state index in [-0.39, 0.29) is 23.9 Å². The molecule has 2 aliphatic rings. The predicted octanol–water partition coefficient (Wildman–Crippen LogP) is 4.83. The van der Waals surface area contributed by atoms with E-state index in [1.807, 2.05) is 23.1 Å². The number of hydrogen-bond donors (Lipinski definition) is 0. The number of amides is 2. The van der Waals surface area contributed by atoms with Crippen LogP contribution in [0.15, 0.2) is 48.5 Å². The van der Waals surface area contributed by atoms with Gasteiger partial charge < -0.3 is 0 Å². The molecule has 0 bridgehead atoms. The van der Waals surface area contributed by atoms with Gasteiger partial charge in [-0.15, -0.1) is 11.3 Å². The summed E-state index contributed by atoms with van der Waals surface area (Å²) < 4.78 is 39.6. The van der Waals surface area contributed by atoms with Gasteiger partial charge in [-0.05, 0) is 62.3 Å². The van der Waals surface area contributed by atoms with Gasteiger partial charge in [0, 0.05) is 5.92 Å². The van der Waals surface area contributed by atoms with Crippen LogP contribution in [0.1, 0.15) is 35.8 Å². The molecule has 166 valence electrons. The number of nitrogens with zero attached hydrogens (tertiary/aromatic N) is 3. The summed E-state index contributed by atoms with van der Waals surface area (Å²) in [6, 6.07) is 11.6. The van der Waals surface area contributed by atoms with Crippen molar-refractivity contribution in [3.8, 4) is 0 Å². The number of anilines is 1. The van der Waals surface area contributed by atoms with E-state index in [1.54, 1.807) is 11.3 Å². The van der Waals surface area contributed by atoms with E-state index in [1.165, 1.54) is 12.1 Å². The molecule has 2 aliphatic heterocycles. The highest BCUT2D eigenvalue weighted by atomic mass is 32.1. The molecule has 32 heavy (non-hydrogen) atoms. The van der Waals surface area contributed by atoms with Crippen LogP contribution >= 0.6 is 11.3 Å². The molecule has 2 amide bonds. The number of piperidine rings is 1. The van der Waals surface area contributed by atoms with E-state index in [2.05, 4.69) is 6.07 Å². The summed E-state index contributed by atoms with van der Waals surface area (Å²) in [6.07, 6.45) is -2.73. The van der Waals surface area contributed by atoms with Gasteiger partial charge in [-0.2, -0.15) is 13.2 Å². The van der Waals surface area contributed by atoms with Crippen LogP contribution < -0.4 is 4.90 Å². The molecular formula is C23H20F3N3O2S. The number of likely N-dealkylation sites (tertiary alicyclic amines) is 1. The van der Waals surface area contributed by atoms with Crippen LogP contribution in [-0.2, 0) is 15.8 Å². The fourth-order valence-corrected chi connectivity index (χ4v) is 5.63. The number of benzene rings is 2. The van der Waals surface area contributed by atoms with Gasteiger partial charge in [0.1, 0.15) is 0 Å². The highest BCUT2D eigenvalue weighted by Crippen LogP contribution is 2.36. The van der Waals surface area contributed by atoms with Crippen molar-refractivity contribution in [2.24, 2.45) is 0 Å². The summed E-state index contributed by atoms with van der Waals surface area (Å²) in [4.78, 5) is 33.3. The first-order chi connectivity index (χ1) is 15.3. The third-order valence-corrected chi connectivity index (χ3v) is 7.40. The average molecular weight is 459 g/mol. The first-order valence-electron chi connectivity index (χ1n) is 10.4. The lowest BCUT2D eigenvalue weighted by Gasteiger charge is -2.34. The van der Waals surface area contributed by atoms with Gasteiger partial charge >= 0.3 is 6.18 Å². The van der Waals surface area contributed by atoms with Crippen LogP contribution in [0, 0.1) is 0 Å². The molecule has 0 radical (unpaired) electrons. The maximum Gasteiger partial charge on any atom is 0.416 e. The van der Waals surface area contributed by atoms with Crippen LogP contribution in [0.25, 0.3) is 10.2 Å². The summed E-state index contributed by atoms with van der Waals surface area (Å²) in [7, 11) is 0. The minimum Gasteiger partial charge on any atom is -0.291 e. The van der Waals surface area contributed by atoms with Crippen molar-refractivity contribution in [3.63, 3.8) is 0 Å². The average Bonchev–Trinajstić information content (AvgIpc) is 3.34. The predicted molar refractivity (Wildman–Crippen MR) is 116 cm³/mol. The first-order valence-corrected chi connectivity index (χ1v) is 11.3. The first kappa shape index (κ1) is 21.1. The Morgan fingerprint density at radius 1 is 0.969 bits per heavy atom. The number of fused-ring (bicyclic) bond motifs is 1. The number of carbonyl (C=O) groups excluding carboxylic acids is 2. The Kier molecular flexibility index (Phi) is 5.25. The second-order valence-corrected chi connectivity index (χ2v) is 9.22. The molecule has 5 nitrogen and oxygen atoms in total. The van der Waals surface area contributed by atoms with E-state index in [9.17, 15) is 22.8 Å².